The van der Waals surface area contributed by atoms with Crippen LogP contribution in [-0.2, 0) is 20.6 Å². The zero-order valence-corrected chi connectivity index (χ0v) is 15.7. The lowest BCUT2D eigenvalue weighted by molar-refractivity contribution is -0.139. The Morgan fingerprint density at radius 2 is 2.08 bits per heavy atom. The van der Waals surface area contributed by atoms with Gasteiger partial charge < -0.3 is 9.84 Å². The van der Waals surface area contributed by atoms with Crippen molar-refractivity contribution in [1.29, 1.82) is 0 Å². The highest BCUT2D eigenvalue weighted by molar-refractivity contribution is 7.88. The Hall–Kier alpha value is -1.64. The van der Waals surface area contributed by atoms with Crippen molar-refractivity contribution in [2.75, 3.05) is 20.2 Å². The summed E-state index contributed by atoms with van der Waals surface area (Å²) in [5.74, 6) is 0.323. The highest BCUT2D eigenvalue weighted by atomic mass is 32.2. The molecule has 2 N–H and O–H groups in total. The number of carbonyl (C=O) groups is 1. The van der Waals surface area contributed by atoms with Crippen LogP contribution in [-0.4, -0.2) is 56.7 Å². The van der Waals surface area contributed by atoms with Crippen molar-refractivity contribution >= 4 is 16.0 Å². The minimum Gasteiger partial charge on any atom is -0.497 e. The summed E-state index contributed by atoms with van der Waals surface area (Å²) in [4.78, 5) is 13.1. The number of hydrogen-bond donors (Lipinski definition) is 2. The van der Waals surface area contributed by atoms with Gasteiger partial charge in [-0.15, -0.1) is 0 Å². The average molecular weight is 382 g/mol. The molecule has 0 aliphatic heterocycles. The number of benzene rings is 1. The van der Waals surface area contributed by atoms with Gasteiger partial charge in [0.15, 0.2) is 0 Å². The van der Waals surface area contributed by atoms with Gasteiger partial charge in [-0.05, 0) is 49.3 Å². The molecule has 0 saturated heterocycles. The number of hydrogen-bond acceptors (Lipinski definition) is 5. The molecule has 144 valence electrons. The van der Waals surface area contributed by atoms with Gasteiger partial charge in [-0.3, -0.25) is 9.69 Å². The maximum Gasteiger partial charge on any atom is 0.317 e. The maximum absolute atomic E-state index is 12.4. The summed E-state index contributed by atoms with van der Waals surface area (Å²) < 4.78 is 32.6. The molecule has 0 unspecified atom stereocenters. The molecule has 0 radical (unpaired) electrons. The van der Waals surface area contributed by atoms with Gasteiger partial charge in [0.2, 0.25) is 10.0 Å². The number of methoxy groups -OCH3 is 1. The first kappa shape index (κ1) is 19.1. The largest absolute Gasteiger partial charge is 0.497 e. The van der Waals surface area contributed by atoms with Gasteiger partial charge >= 0.3 is 5.97 Å². The van der Waals surface area contributed by atoms with Crippen LogP contribution in [0.1, 0.15) is 31.2 Å². The number of nitrogens with zero attached hydrogens (tertiary/aromatic N) is 1. The summed E-state index contributed by atoms with van der Waals surface area (Å²) in [6.45, 7) is 0.838. The summed E-state index contributed by atoms with van der Waals surface area (Å²) in [5, 5.41) is 9.08. The SMILES string of the molecule is COc1cccc(CS(=O)(=O)NC2CC(N(CC(=O)O)CC3CC3)C2)c1. The van der Waals surface area contributed by atoms with E-state index in [0.29, 0.717) is 30.1 Å². The van der Waals surface area contributed by atoms with E-state index in [9.17, 15) is 13.2 Å². The number of rotatable bonds is 10. The van der Waals surface area contributed by atoms with E-state index >= 15 is 0 Å². The van der Waals surface area contributed by atoms with Gasteiger partial charge in [0, 0.05) is 18.6 Å². The Labute approximate surface area is 154 Å². The second kappa shape index (κ2) is 7.94. The predicted molar refractivity (Wildman–Crippen MR) is 97.5 cm³/mol. The zero-order chi connectivity index (χ0) is 18.7. The summed E-state index contributed by atoms with van der Waals surface area (Å²) in [6, 6.07) is 7.05. The Bertz CT molecular complexity index is 742. The minimum absolute atomic E-state index is 0.0322. The van der Waals surface area contributed by atoms with Crippen molar-refractivity contribution in [2.24, 2.45) is 5.92 Å². The monoisotopic (exact) mass is 382 g/mol. The van der Waals surface area contributed by atoms with E-state index in [0.717, 1.165) is 6.54 Å². The second-order valence-corrected chi connectivity index (χ2v) is 9.07. The van der Waals surface area contributed by atoms with Crippen molar-refractivity contribution < 1.29 is 23.1 Å². The number of ether oxygens (including phenoxy) is 1. The van der Waals surface area contributed by atoms with Crippen LogP contribution >= 0.6 is 0 Å². The molecule has 8 heteroatoms. The van der Waals surface area contributed by atoms with E-state index in [4.69, 9.17) is 9.84 Å². The Morgan fingerprint density at radius 1 is 1.35 bits per heavy atom. The van der Waals surface area contributed by atoms with E-state index in [2.05, 4.69) is 4.72 Å². The third kappa shape index (κ3) is 5.43. The van der Waals surface area contributed by atoms with E-state index in [-0.39, 0.29) is 24.4 Å². The molecule has 7 nitrogen and oxygen atoms in total. The number of aliphatic carboxylic acids is 1. The molecule has 1 aromatic carbocycles. The highest BCUT2D eigenvalue weighted by Gasteiger charge is 2.38. The van der Waals surface area contributed by atoms with Crippen LogP contribution in [0.5, 0.6) is 5.75 Å². The van der Waals surface area contributed by atoms with Crippen molar-refractivity contribution in [2.45, 2.75) is 43.5 Å². The molecule has 0 heterocycles. The molecule has 0 aromatic heterocycles. The fourth-order valence-electron chi connectivity index (χ4n) is 3.41. The normalized spacial score (nSPS) is 22.8. The van der Waals surface area contributed by atoms with Crippen LogP contribution in [0.15, 0.2) is 24.3 Å². The smallest absolute Gasteiger partial charge is 0.317 e. The molecular weight excluding hydrogens is 356 g/mol. The lowest BCUT2D eigenvalue weighted by Gasteiger charge is -2.42. The molecule has 2 saturated carbocycles. The highest BCUT2D eigenvalue weighted by Crippen LogP contribution is 2.34. The first-order chi connectivity index (χ1) is 12.3. The first-order valence-electron chi connectivity index (χ1n) is 8.93. The quantitative estimate of drug-likeness (QED) is 0.636. The average Bonchev–Trinajstić information content (AvgIpc) is 3.33. The van der Waals surface area contributed by atoms with Gasteiger partial charge in [-0.2, -0.15) is 0 Å². The fraction of sp³-hybridized carbons (Fsp3) is 0.611. The first-order valence-corrected chi connectivity index (χ1v) is 10.6. The van der Waals surface area contributed by atoms with Crippen LogP contribution in [0, 0.1) is 5.92 Å². The maximum atomic E-state index is 12.4. The summed E-state index contributed by atoms with van der Waals surface area (Å²) in [5.41, 5.74) is 0.675. The predicted octanol–water partition coefficient (Wildman–Crippen LogP) is 1.44. The van der Waals surface area contributed by atoms with Crippen LogP contribution in [0.25, 0.3) is 0 Å². The minimum atomic E-state index is -3.44. The summed E-state index contributed by atoms with van der Waals surface area (Å²) in [6.07, 6.45) is 3.66. The summed E-state index contributed by atoms with van der Waals surface area (Å²) in [7, 11) is -1.90. The number of carboxylic acids is 1. The lowest BCUT2D eigenvalue weighted by Crippen LogP contribution is -2.55. The van der Waals surface area contributed by atoms with Crippen molar-refractivity contribution in [3.05, 3.63) is 29.8 Å². The number of sulfonamides is 1. The molecule has 2 aliphatic carbocycles. The zero-order valence-electron chi connectivity index (χ0n) is 14.9. The van der Waals surface area contributed by atoms with Crippen molar-refractivity contribution in [3.8, 4) is 5.75 Å². The van der Waals surface area contributed by atoms with Crippen molar-refractivity contribution in [1.82, 2.24) is 9.62 Å². The van der Waals surface area contributed by atoms with Crippen molar-refractivity contribution in [3.63, 3.8) is 0 Å². The van der Waals surface area contributed by atoms with Crippen LogP contribution in [0.2, 0.25) is 0 Å². The fourth-order valence-corrected chi connectivity index (χ4v) is 4.81. The van der Waals surface area contributed by atoms with Gasteiger partial charge in [0.25, 0.3) is 0 Å². The van der Waals surface area contributed by atoms with Gasteiger partial charge in [-0.25, -0.2) is 13.1 Å². The van der Waals surface area contributed by atoms with Gasteiger partial charge in [0.1, 0.15) is 5.75 Å². The van der Waals surface area contributed by atoms with E-state index < -0.39 is 16.0 Å². The molecule has 3 rings (SSSR count). The number of carboxylic acid groups (broad SMARTS) is 1. The Balaban J connectivity index is 1.50. The second-order valence-electron chi connectivity index (χ2n) is 7.32. The lowest BCUT2D eigenvalue weighted by atomic mass is 9.86. The van der Waals surface area contributed by atoms with Gasteiger partial charge in [0.05, 0.1) is 19.4 Å². The Kier molecular flexibility index (Phi) is 5.84. The molecule has 1 aromatic rings. The van der Waals surface area contributed by atoms with E-state index in [1.54, 1.807) is 31.4 Å². The third-order valence-electron chi connectivity index (χ3n) is 4.99. The van der Waals surface area contributed by atoms with Crippen LogP contribution in [0.4, 0.5) is 0 Å². The molecule has 0 atom stereocenters. The molecule has 0 amide bonds. The molecular formula is C18H26N2O5S. The van der Waals surface area contributed by atoms with E-state index in [1.807, 2.05) is 4.90 Å². The molecule has 0 bridgehead atoms. The molecule has 2 aliphatic rings. The third-order valence-corrected chi connectivity index (χ3v) is 6.40. The molecule has 2 fully saturated rings. The van der Waals surface area contributed by atoms with Gasteiger partial charge in [-0.1, -0.05) is 12.1 Å². The standard InChI is InChI=1S/C18H26N2O5S/c1-25-17-4-2-3-14(7-17)12-26(23,24)19-15-8-16(9-15)20(11-18(21)22)10-13-5-6-13/h2-4,7,13,15-16,19H,5-6,8-12H2,1H3,(H,21,22). The summed E-state index contributed by atoms with van der Waals surface area (Å²) >= 11 is 0. The topological polar surface area (TPSA) is 95.9 Å². The van der Waals surface area contributed by atoms with Crippen LogP contribution in [0.3, 0.4) is 0 Å². The van der Waals surface area contributed by atoms with Crippen LogP contribution < -0.4 is 9.46 Å². The molecule has 26 heavy (non-hydrogen) atoms. The van der Waals surface area contributed by atoms with E-state index in [1.165, 1.54) is 12.8 Å². The number of nitrogens with one attached hydrogen (secondary N) is 1. The molecule has 0 spiro atoms. The Morgan fingerprint density at radius 3 is 2.69 bits per heavy atom.